The van der Waals surface area contributed by atoms with E-state index in [-0.39, 0.29) is 0 Å². The molecule has 0 rings (SSSR count). The molecule has 18 heavy (non-hydrogen) atoms. The summed E-state index contributed by atoms with van der Waals surface area (Å²) in [6, 6.07) is 0. The Morgan fingerprint density at radius 3 is 1.00 bits per heavy atom. The molecule has 1 nitrogen and oxygen atoms in total. The van der Waals surface area contributed by atoms with Crippen LogP contribution < -0.4 is 0 Å². The zero-order valence-electron chi connectivity index (χ0n) is 13.4. The molecule has 0 aliphatic heterocycles. The smallest absolute Gasteiger partial charge is 0.0756 e. The van der Waals surface area contributed by atoms with Crippen molar-refractivity contribution >= 4 is 7.80 Å². The van der Waals surface area contributed by atoms with Crippen molar-refractivity contribution in [1.29, 1.82) is 0 Å². The quantitative estimate of drug-likeness (QED) is 0.310. The van der Waals surface area contributed by atoms with Gasteiger partial charge in [-0.15, -0.1) is 0 Å². The fourth-order valence-corrected chi connectivity index (χ4v) is 2.31. The predicted molar refractivity (Wildman–Crippen MR) is 87.6 cm³/mol. The van der Waals surface area contributed by atoms with Crippen molar-refractivity contribution in [3.05, 3.63) is 0 Å². The van der Waals surface area contributed by atoms with Crippen molar-refractivity contribution in [3.8, 4) is 0 Å². The summed E-state index contributed by atoms with van der Waals surface area (Å²) in [5.74, 6) is 0. The summed E-state index contributed by atoms with van der Waals surface area (Å²) in [4.78, 5) is 0. The molecule has 0 amide bonds. The van der Waals surface area contributed by atoms with E-state index >= 15 is 0 Å². The second-order valence-electron chi connectivity index (χ2n) is 5.07. The van der Waals surface area contributed by atoms with Gasteiger partial charge in [-0.3, -0.25) is 0 Å². The van der Waals surface area contributed by atoms with Gasteiger partial charge in [0.15, 0.2) is 0 Å². The van der Waals surface area contributed by atoms with Crippen molar-refractivity contribution in [1.82, 2.24) is 0 Å². The fraction of sp³-hybridized carbons (Fsp3) is 1.00. The van der Waals surface area contributed by atoms with Crippen molar-refractivity contribution in [3.63, 3.8) is 0 Å². The van der Waals surface area contributed by atoms with Crippen molar-refractivity contribution in [2.75, 3.05) is 12.3 Å². The maximum atomic E-state index is 10.4. The van der Waals surface area contributed by atoms with Gasteiger partial charge in [-0.2, -0.15) is 0 Å². The Morgan fingerprint density at radius 1 is 0.556 bits per heavy atom. The van der Waals surface area contributed by atoms with Crippen LogP contribution in [-0.2, 0) is 4.57 Å². The molecular formula is C16H37OP. The van der Waals surface area contributed by atoms with Gasteiger partial charge in [-0.1, -0.05) is 91.9 Å². The second kappa shape index (κ2) is 19.6. The van der Waals surface area contributed by atoms with Crippen LogP contribution in [0.15, 0.2) is 0 Å². The van der Waals surface area contributed by atoms with Crippen LogP contribution in [-0.4, -0.2) is 12.3 Å². The monoisotopic (exact) mass is 276 g/mol. The Balaban J connectivity index is 0. The molecule has 0 aromatic carbocycles. The van der Waals surface area contributed by atoms with E-state index in [1.165, 1.54) is 64.2 Å². The third-order valence-electron chi connectivity index (χ3n) is 3.25. The molecule has 112 valence electrons. The molecule has 2 heteroatoms. The molecular weight excluding hydrogens is 239 g/mol. The molecule has 0 fully saturated rings. The molecule has 0 aromatic heterocycles. The molecule has 0 N–H and O–H groups in total. The number of unbranched alkanes of at least 4 members (excludes halogenated alkanes) is 9. The first kappa shape index (κ1) is 20.5. The Bertz CT molecular complexity index is 141. The third-order valence-corrected chi connectivity index (χ3v) is 4.82. The van der Waals surface area contributed by atoms with Gasteiger partial charge in [0.2, 0.25) is 0 Å². The van der Waals surface area contributed by atoms with Crippen LogP contribution in [0, 0.1) is 0 Å². The highest BCUT2D eigenvalue weighted by Crippen LogP contribution is 2.16. The highest BCUT2D eigenvalue weighted by Gasteiger charge is 1.90. The van der Waals surface area contributed by atoms with E-state index in [0.717, 1.165) is 12.3 Å². The zero-order chi connectivity index (χ0) is 14.1. The summed E-state index contributed by atoms with van der Waals surface area (Å²) in [7, 11) is -1.12. The number of hydrogen-bond donors (Lipinski definition) is 0. The molecule has 0 aliphatic rings. The van der Waals surface area contributed by atoms with Gasteiger partial charge >= 0.3 is 0 Å². The molecule has 0 heterocycles. The maximum absolute atomic E-state index is 10.4. The average molecular weight is 276 g/mol. The average Bonchev–Trinajstić information content (AvgIpc) is 2.41. The number of rotatable bonds is 11. The molecule has 0 radical (unpaired) electrons. The van der Waals surface area contributed by atoms with Crippen LogP contribution in [0.25, 0.3) is 0 Å². The second-order valence-corrected chi connectivity index (χ2v) is 7.57. The molecule has 0 bridgehead atoms. The lowest BCUT2D eigenvalue weighted by molar-refractivity contribution is 0.562. The van der Waals surface area contributed by atoms with Crippen LogP contribution in [0.2, 0.25) is 0 Å². The van der Waals surface area contributed by atoms with E-state index in [9.17, 15) is 4.57 Å². The van der Waals surface area contributed by atoms with Gasteiger partial charge in [0.05, 0.1) is 7.80 Å². The Morgan fingerprint density at radius 2 is 0.833 bits per heavy atom. The van der Waals surface area contributed by atoms with E-state index in [1.807, 2.05) is 13.8 Å². The lowest BCUT2D eigenvalue weighted by Gasteiger charge is -1.99. The molecule has 0 saturated heterocycles. The van der Waals surface area contributed by atoms with Gasteiger partial charge in [-0.25, -0.2) is 0 Å². The topological polar surface area (TPSA) is 17.1 Å². The summed E-state index contributed by atoms with van der Waals surface area (Å²) in [6.07, 6.45) is 16.2. The minimum absolute atomic E-state index is 0.876. The fourth-order valence-electron chi connectivity index (χ4n) is 1.81. The summed E-state index contributed by atoms with van der Waals surface area (Å²) in [5.41, 5.74) is 0. The van der Waals surface area contributed by atoms with Crippen molar-refractivity contribution in [2.24, 2.45) is 0 Å². The molecule has 0 spiro atoms. The first-order valence-electron chi connectivity index (χ1n) is 8.24. The minimum atomic E-state index is -1.12. The van der Waals surface area contributed by atoms with Gasteiger partial charge in [0, 0.05) is 0 Å². The molecule has 0 unspecified atom stereocenters. The van der Waals surface area contributed by atoms with Crippen LogP contribution in [0.5, 0.6) is 0 Å². The van der Waals surface area contributed by atoms with Crippen molar-refractivity contribution in [2.45, 2.75) is 91.9 Å². The first-order chi connectivity index (χ1) is 8.72. The normalized spacial score (nSPS) is 10.3. The van der Waals surface area contributed by atoms with Crippen LogP contribution in [0.3, 0.4) is 0 Å². The predicted octanol–water partition coefficient (Wildman–Crippen LogP) is 6.51. The Kier molecular flexibility index (Phi) is 22.3. The minimum Gasteiger partial charge on any atom is -0.327 e. The van der Waals surface area contributed by atoms with E-state index in [2.05, 4.69) is 13.8 Å². The Labute approximate surface area is 117 Å². The standard InChI is InChI=1S/C12H26.C4H11OP/c1-3-5-7-9-11-12-10-8-6-4-2;1-3-6(5)4-2/h3-12H2,1-2H3;6H,3-4H2,1-2H3. The molecule has 0 atom stereocenters. The van der Waals surface area contributed by atoms with Gasteiger partial charge < -0.3 is 4.57 Å². The summed E-state index contributed by atoms with van der Waals surface area (Å²) in [6.45, 7) is 8.48. The number of hydrogen-bond acceptors (Lipinski definition) is 1. The largest absolute Gasteiger partial charge is 0.327 e. The summed E-state index contributed by atoms with van der Waals surface area (Å²) in [5, 5.41) is 0. The van der Waals surface area contributed by atoms with Crippen LogP contribution in [0.1, 0.15) is 91.9 Å². The highest BCUT2D eigenvalue weighted by atomic mass is 31.1. The van der Waals surface area contributed by atoms with E-state index < -0.39 is 7.80 Å². The maximum Gasteiger partial charge on any atom is 0.0756 e. The van der Waals surface area contributed by atoms with Gasteiger partial charge in [0.25, 0.3) is 0 Å². The zero-order valence-corrected chi connectivity index (χ0v) is 14.4. The van der Waals surface area contributed by atoms with Gasteiger partial charge in [0.1, 0.15) is 0 Å². The first-order valence-corrected chi connectivity index (χ1v) is 10.1. The summed E-state index contributed by atoms with van der Waals surface area (Å²) < 4.78 is 10.4. The lowest BCUT2D eigenvalue weighted by atomic mass is 10.1. The molecule has 0 saturated carbocycles. The van der Waals surface area contributed by atoms with E-state index in [0.29, 0.717) is 0 Å². The molecule has 0 aromatic rings. The van der Waals surface area contributed by atoms with Crippen molar-refractivity contribution < 1.29 is 4.57 Å². The van der Waals surface area contributed by atoms with Crippen LogP contribution >= 0.6 is 7.80 Å². The molecule has 0 aliphatic carbocycles. The SMILES string of the molecule is CCCCCCCCCCCC.CC[PH](=O)CC. The van der Waals surface area contributed by atoms with E-state index in [1.54, 1.807) is 0 Å². The Hall–Kier alpha value is 0.230. The third kappa shape index (κ3) is 21.5. The van der Waals surface area contributed by atoms with Crippen LogP contribution in [0.4, 0.5) is 0 Å². The van der Waals surface area contributed by atoms with Gasteiger partial charge in [-0.05, 0) is 12.3 Å². The highest BCUT2D eigenvalue weighted by molar-refractivity contribution is 7.44. The summed E-state index contributed by atoms with van der Waals surface area (Å²) >= 11 is 0. The van der Waals surface area contributed by atoms with E-state index in [4.69, 9.17) is 0 Å². The lowest BCUT2D eigenvalue weighted by Crippen LogP contribution is -1.80.